The van der Waals surface area contributed by atoms with E-state index in [0.29, 0.717) is 17.1 Å². The highest BCUT2D eigenvalue weighted by Gasteiger charge is 2.27. The average molecular weight is 285 g/mol. The van der Waals surface area contributed by atoms with Crippen LogP contribution in [0.5, 0.6) is 0 Å². The van der Waals surface area contributed by atoms with Crippen LogP contribution in [-0.2, 0) is 11.3 Å². The van der Waals surface area contributed by atoms with Crippen molar-refractivity contribution in [3.8, 4) is 0 Å². The van der Waals surface area contributed by atoms with E-state index in [2.05, 4.69) is 22.2 Å². The van der Waals surface area contributed by atoms with Gasteiger partial charge in [0.1, 0.15) is 11.6 Å². The molecule has 100 valence electrons. The number of rotatable bonds is 4. The zero-order valence-corrected chi connectivity index (χ0v) is 12.6. The van der Waals surface area contributed by atoms with Crippen molar-refractivity contribution in [2.45, 2.75) is 24.0 Å². The number of nitrogens with zero attached hydrogens (tertiary/aromatic N) is 2. The number of thioether (sulfide) groups is 2. The van der Waals surface area contributed by atoms with E-state index in [1.165, 1.54) is 11.5 Å². The van der Waals surface area contributed by atoms with Crippen LogP contribution in [0.3, 0.4) is 0 Å². The number of anilines is 1. The lowest BCUT2D eigenvalue weighted by atomic mass is 10.3. The predicted molar refractivity (Wildman–Crippen MR) is 79.4 cm³/mol. The van der Waals surface area contributed by atoms with Crippen molar-refractivity contribution in [2.75, 3.05) is 31.0 Å². The van der Waals surface area contributed by atoms with E-state index in [1.54, 1.807) is 7.11 Å². The molecule has 1 aliphatic heterocycles. The van der Waals surface area contributed by atoms with Gasteiger partial charge in [-0.15, -0.1) is 11.8 Å². The molecule has 1 N–H and O–H groups in total. The van der Waals surface area contributed by atoms with Crippen LogP contribution in [-0.4, -0.2) is 40.9 Å². The van der Waals surface area contributed by atoms with Gasteiger partial charge in [-0.25, -0.2) is 9.97 Å². The van der Waals surface area contributed by atoms with E-state index in [0.717, 1.165) is 17.3 Å². The molecule has 0 spiro atoms. The molecule has 6 heteroatoms. The fourth-order valence-corrected chi connectivity index (χ4v) is 4.60. The molecule has 1 saturated heterocycles. The molecule has 1 aliphatic rings. The molecular weight excluding hydrogens is 266 g/mol. The number of ether oxygens (including phenoxy) is 1. The second-order valence-corrected chi connectivity index (χ2v) is 6.89. The first kappa shape index (κ1) is 14.0. The zero-order chi connectivity index (χ0) is 13.0. The number of aromatic nitrogens is 2. The molecule has 4 nitrogen and oxygen atoms in total. The van der Waals surface area contributed by atoms with Gasteiger partial charge in [-0.1, -0.05) is 6.92 Å². The minimum Gasteiger partial charge on any atom is -0.378 e. The van der Waals surface area contributed by atoms with Gasteiger partial charge >= 0.3 is 0 Å². The van der Waals surface area contributed by atoms with Crippen molar-refractivity contribution >= 4 is 29.3 Å². The maximum Gasteiger partial charge on any atom is 0.145 e. The molecule has 0 saturated carbocycles. The zero-order valence-electron chi connectivity index (χ0n) is 11.0. The summed E-state index contributed by atoms with van der Waals surface area (Å²) in [6.45, 7) is 2.79. The minimum absolute atomic E-state index is 0.382. The molecule has 18 heavy (non-hydrogen) atoms. The lowest BCUT2D eigenvalue weighted by Gasteiger charge is -2.27. The van der Waals surface area contributed by atoms with Crippen LogP contribution >= 0.6 is 23.5 Å². The molecule has 1 aromatic rings. The Hall–Kier alpha value is -0.460. The number of methoxy groups -OCH3 is 1. The first-order chi connectivity index (χ1) is 8.74. The van der Waals surface area contributed by atoms with Crippen LogP contribution in [0.25, 0.3) is 0 Å². The Labute approximate surface area is 117 Å². The number of nitrogens with one attached hydrogen (secondary N) is 1. The van der Waals surface area contributed by atoms with Crippen molar-refractivity contribution in [1.82, 2.24) is 9.97 Å². The highest BCUT2D eigenvalue weighted by Crippen LogP contribution is 2.41. The lowest BCUT2D eigenvalue weighted by molar-refractivity contribution is 0.181. The van der Waals surface area contributed by atoms with Crippen molar-refractivity contribution in [1.29, 1.82) is 0 Å². The van der Waals surface area contributed by atoms with E-state index in [-0.39, 0.29) is 0 Å². The third-order valence-corrected chi connectivity index (χ3v) is 5.87. The van der Waals surface area contributed by atoms with Crippen LogP contribution in [0.15, 0.2) is 6.07 Å². The molecule has 2 unspecified atom stereocenters. The molecule has 2 rings (SSSR count). The van der Waals surface area contributed by atoms with Crippen LogP contribution in [0.1, 0.15) is 23.7 Å². The Morgan fingerprint density at radius 1 is 1.39 bits per heavy atom. The Kier molecular flexibility index (Phi) is 5.14. The lowest BCUT2D eigenvalue weighted by Crippen LogP contribution is -2.19. The molecule has 0 radical (unpaired) electrons. The standard InChI is InChI=1S/C12H19N3OS2/c1-8-11(18-5-4-17-8)12-14-9(7-16-3)6-10(13-2)15-12/h6,8,11H,4-5,7H2,1-3H3,(H,13,14,15). The summed E-state index contributed by atoms with van der Waals surface area (Å²) in [5.74, 6) is 4.19. The molecule has 0 aliphatic carbocycles. The molecule has 2 atom stereocenters. The average Bonchev–Trinajstić information content (AvgIpc) is 2.39. The minimum atomic E-state index is 0.382. The summed E-state index contributed by atoms with van der Waals surface area (Å²) in [7, 11) is 3.57. The van der Waals surface area contributed by atoms with Crippen molar-refractivity contribution in [3.05, 3.63) is 17.6 Å². The fraction of sp³-hybridized carbons (Fsp3) is 0.667. The Morgan fingerprint density at radius 3 is 2.83 bits per heavy atom. The van der Waals surface area contributed by atoms with Gasteiger partial charge in [0.2, 0.25) is 0 Å². The summed E-state index contributed by atoms with van der Waals surface area (Å²) in [5, 5.41) is 4.04. The van der Waals surface area contributed by atoms with Gasteiger partial charge in [0.25, 0.3) is 0 Å². The highest BCUT2D eigenvalue weighted by atomic mass is 32.2. The van der Waals surface area contributed by atoms with E-state index in [4.69, 9.17) is 4.74 Å². The van der Waals surface area contributed by atoms with Crippen molar-refractivity contribution < 1.29 is 4.74 Å². The molecular formula is C12H19N3OS2. The van der Waals surface area contributed by atoms with Crippen LogP contribution < -0.4 is 5.32 Å². The summed E-state index contributed by atoms with van der Waals surface area (Å²) in [4.78, 5) is 9.23. The monoisotopic (exact) mass is 285 g/mol. The molecule has 0 amide bonds. The third-order valence-electron chi connectivity index (χ3n) is 2.79. The quantitative estimate of drug-likeness (QED) is 0.917. The maximum atomic E-state index is 5.17. The van der Waals surface area contributed by atoms with Gasteiger partial charge in [-0.3, -0.25) is 0 Å². The number of hydrogen-bond acceptors (Lipinski definition) is 6. The summed E-state index contributed by atoms with van der Waals surface area (Å²) in [5.41, 5.74) is 0.940. The summed E-state index contributed by atoms with van der Waals surface area (Å²) in [6, 6.07) is 1.94. The van der Waals surface area contributed by atoms with E-state index >= 15 is 0 Å². The smallest absolute Gasteiger partial charge is 0.145 e. The van der Waals surface area contributed by atoms with Crippen molar-refractivity contribution in [2.24, 2.45) is 0 Å². The highest BCUT2D eigenvalue weighted by molar-refractivity contribution is 8.06. The summed E-state index contributed by atoms with van der Waals surface area (Å²) < 4.78 is 5.17. The predicted octanol–water partition coefficient (Wildman–Crippen LogP) is 2.57. The maximum absolute atomic E-state index is 5.17. The largest absolute Gasteiger partial charge is 0.378 e. The van der Waals surface area contributed by atoms with Crippen molar-refractivity contribution in [3.63, 3.8) is 0 Å². The van der Waals surface area contributed by atoms with Crippen LogP contribution in [0.2, 0.25) is 0 Å². The molecule has 0 bridgehead atoms. The summed E-state index contributed by atoms with van der Waals surface area (Å²) in [6.07, 6.45) is 0. The fourth-order valence-electron chi connectivity index (χ4n) is 1.91. The second kappa shape index (κ2) is 6.63. The normalized spacial score (nSPS) is 23.9. The Morgan fingerprint density at radius 2 is 2.17 bits per heavy atom. The SMILES string of the molecule is CNc1cc(COC)nc(C2SCCSC2C)n1. The Bertz CT molecular complexity index is 403. The van der Waals surface area contributed by atoms with Gasteiger partial charge in [0.15, 0.2) is 0 Å². The topological polar surface area (TPSA) is 47.0 Å². The van der Waals surface area contributed by atoms with Gasteiger partial charge < -0.3 is 10.1 Å². The molecule has 1 fully saturated rings. The van der Waals surface area contributed by atoms with Crippen LogP contribution in [0.4, 0.5) is 5.82 Å². The summed E-state index contributed by atoms with van der Waals surface area (Å²) >= 11 is 3.96. The van der Waals surface area contributed by atoms with E-state index < -0.39 is 0 Å². The number of hydrogen-bond donors (Lipinski definition) is 1. The first-order valence-electron chi connectivity index (χ1n) is 6.02. The molecule has 1 aromatic heterocycles. The van der Waals surface area contributed by atoms with Gasteiger partial charge in [0.05, 0.1) is 17.6 Å². The van der Waals surface area contributed by atoms with Gasteiger partial charge in [0, 0.05) is 37.0 Å². The van der Waals surface area contributed by atoms with E-state index in [1.807, 2.05) is 36.6 Å². The second-order valence-electron chi connectivity index (χ2n) is 4.15. The van der Waals surface area contributed by atoms with Crippen LogP contribution in [0, 0.1) is 0 Å². The van der Waals surface area contributed by atoms with Gasteiger partial charge in [-0.2, -0.15) is 11.8 Å². The van der Waals surface area contributed by atoms with Gasteiger partial charge in [-0.05, 0) is 0 Å². The molecule has 2 heterocycles. The van der Waals surface area contributed by atoms with E-state index in [9.17, 15) is 0 Å². The first-order valence-corrected chi connectivity index (χ1v) is 8.12. The Balaban J connectivity index is 2.27. The molecule has 0 aromatic carbocycles. The third kappa shape index (κ3) is 3.30.